The molecule has 3 rings (SSSR count). The summed E-state index contributed by atoms with van der Waals surface area (Å²) >= 11 is 17.9. The number of ether oxygens (including phenoxy) is 1. The normalized spacial score (nSPS) is 11.6. The first-order valence-corrected chi connectivity index (χ1v) is 9.80. The molecule has 2 N–H and O–H groups in total. The van der Waals surface area contributed by atoms with E-state index in [0.717, 1.165) is 5.56 Å². The molecule has 9 heteroatoms. The van der Waals surface area contributed by atoms with Crippen molar-refractivity contribution in [2.45, 2.75) is 13.0 Å². The SMILES string of the molecule is C[C@H](NC(=O)c1cc(Cl)cnc1Oc1ccc(Cl)c(Cl)c1)c1ccc(C(=O)O)cc1. The molecule has 0 fully saturated rings. The molecule has 2 aromatic carbocycles. The molecule has 0 aliphatic heterocycles. The molecular weight excluding hydrogens is 451 g/mol. The van der Waals surface area contributed by atoms with Crippen LogP contribution in [0.3, 0.4) is 0 Å². The van der Waals surface area contributed by atoms with Gasteiger partial charge in [0.25, 0.3) is 5.91 Å². The highest BCUT2D eigenvalue weighted by Crippen LogP contribution is 2.31. The van der Waals surface area contributed by atoms with Crippen LogP contribution in [0.5, 0.6) is 11.6 Å². The molecule has 0 saturated heterocycles. The number of aromatic nitrogens is 1. The van der Waals surface area contributed by atoms with E-state index in [1.807, 2.05) is 0 Å². The van der Waals surface area contributed by atoms with Gasteiger partial charge in [0.05, 0.1) is 26.7 Å². The number of hydrogen-bond acceptors (Lipinski definition) is 4. The van der Waals surface area contributed by atoms with Crippen LogP contribution in [-0.2, 0) is 0 Å². The van der Waals surface area contributed by atoms with E-state index in [1.165, 1.54) is 30.5 Å². The van der Waals surface area contributed by atoms with Crippen molar-refractivity contribution in [1.82, 2.24) is 10.3 Å². The maximum atomic E-state index is 12.9. The van der Waals surface area contributed by atoms with E-state index < -0.39 is 17.9 Å². The summed E-state index contributed by atoms with van der Waals surface area (Å²) in [4.78, 5) is 27.9. The summed E-state index contributed by atoms with van der Waals surface area (Å²) in [5.41, 5.74) is 1.02. The number of pyridine rings is 1. The molecule has 0 aliphatic carbocycles. The Morgan fingerprint density at radius 1 is 1.03 bits per heavy atom. The fourth-order valence-electron chi connectivity index (χ4n) is 2.59. The third kappa shape index (κ3) is 5.21. The van der Waals surface area contributed by atoms with Gasteiger partial charge in [-0.25, -0.2) is 9.78 Å². The summed E-state index contributed by atoms with van der Waals surface area (Å²) < 4.78 is 5.71. The highest BCUT2D eigenvalue weighted by Gasteiger charge is 2.19. The number of carbonyl (C=O) groups is 2. The number of rotatable bonds is 6. The van der Waals surface area contributed by atoms with Crippen LogP contribution < -0.4 is 10.1 Å². The molecule has 1 atom stereocenters. The molecule has 6 nitrogen and oxygen atoms in total. The number of hydrogen-bond donors (Lipinski definition) is 2. The summed E-state index contributed by atoms with van der Waals surface area (Å²) in [5, 5.41) is 12.8. The van der Waals surface area contributed by atoms with Crippen LogP contribution in [0.2, 0.25) is 15.1 Å². The largest absolute Gasteiger partial charge is 0.478 e. The van der Waals surface area contributed by atoms with Gasteiger partial charge in [-0.1, -0.05) is 46.9 Å². The minimum absolute atomic E-state index is 0.0451. The van der Waals surface area contributed by atoms with Gasteiger partial charge in [-0.3, -0.25) is 4.79 Å². The number of carbonyl (C=O) groups excluding carboxylic acids is 1. The highest BCUT2D eigenvalue weighted by molar-refractivity contribution is 6.42. The zero-order valence-corrected chi connectivity index (χ0v) is 17.8. The Kier molecular flexibility index (Phi) is 6.82. The maximum Gasteiger partial charge on any atom is 0.335 e. The number of benzene rings is 2. The first-order valence-electron chi connectivity index (χ1n) is 8.67. The van der Waals surface area contributed by atoms with Crippen molar-refractivity contribution in [3.63, 3.8) is 0 Å². The van der Waals surface area contributed by atoms with E-state index in [-0.39, 0.29) is 22.0 Å². The van der Waals surface area contributed by atoms with E-state index in [4.69, 9.17) is 44.6 Å². The Hall–Kier alpha value is -2.80. The summed E-state index contributed by atoms with van der Waals surface area (Å²) in [5.74, 6) is -1.09. The number of amides is 1. The molecule has 0 radical (unpaired) electrons. The Morgan fingerprint density at radius 2 is 1.73 bits per heavy atom. The predicted octanol–water partition coefficient (Wildman–Crippen LogP) is 6.02. The van der Waals surface area contributed by atoms with E-state index in [9.17, 15) is 9.59 Å². The van der Waals surface area contributed by atoms with Gasteiger partial charge in [-0.15, -0.1) is 0 Å². The number of nitrogens with one attached hydrogen (secondary N) is 1. The highest BCUT2D eigenvalue weighted by atomic mass is 35.5. The average molecular weight is 466 g/mol. The zero-order valence-electron chi connectivity index (χ0n) is 15.5. The summed E-state index contributed by atoms with van der Waals surface area (Å²) in [6.07, 6.45) is 1.36. The number of halogens is 3. The van der Waals surface area contributed by atoms with Crippen molar-refractivity contribution in [2.24, 2.45) is 0 Å². The van der Waals surface area contributed by atoms with Crippen molar-refractivity contribution in [2.75, 3.05) is 0 Å². The summed E-state index contributed by atoms with van der Waals surface area (Å²) in [6.45, 7) is 1.77. The van der Waals surface area contributed by atoms with Gasteiger partial charge in [-0.2, -0.15) is 0 Å². The van der Waals surface area contributed by atoms with Crippen LogP contribution >= 0.6 is 34.8 Å². The van der Waals surface area contributed by atoms with Crippen molar-refractivity contribution in [3.8, 4) is 11.6 Å². The van der Waals surface area contributed by atoms with Gasteiger partial charge in [-0.05, 0) is 42.8 Å². The first kappa shape index (κ1) is 21.9. The molecule has 154 valence electrons. The second-order valence-corrected chi connectivity index (χ2v) is 7.56. The standard InChI is InChI=1S/C21H15Cl3N2O4/c1-11(12-2-4-13(5-3-12)21(28)29)26-19(27)16-8-14(22)10-25-20(16)30-15-6-7-17(23)18(24)9-15/h2-11H,1H3,(H,26,27)(H,28,29)/t11-/m0/s1. The lowest BCUT2D eigenvalue weighted by Crippen LogP contribution is -2.27. The third-order valence-electron chi connectivity index (χ3n) is 4.17. The minimum Gasteiger partial charge on any atom is -0.478 e. The van der Waals surface area contributed by atoms with Crippen molar-refractivity contribution in [1.29, 1.82) is 0 Å². The van der Waals surface area contributed by atoms with Crippen LogP contribution in [0, 0.1) is 0 Å². The Labute approximate surface area is 187 Å². The van der Waals surface area contributed by atoms with E-state index >= 15 is 0 Å². The minimum atomic E-state index is -1.02. The molecule has 1 heterocycles. The van der Waals surface area contributed by atoms with Gasteiger partial charge < -0.3 is 15.2 Å². The number of carboxylic acid groups (broad SMARTS) is 1. The van der Waals surface area contributed by atoms with Gasteiger partial charge in [0.15, 0.2) is 0 Å². The molecule has 0 unspecified atom stereocenters. The quantitative estimate of drug-likeness (QED) is 0.464. The van der Waals surface area contributed by atoms with Gasteiger partial charge in [0.1, 0.15) is 11.3 Å². The number of aromatic carboxylic acids is 1. The lowest BCUT2D eigenvalue weighted by atomic mass is 10.1. The first-order chi connectivity index (χ1) is 14.2. The lowest BCUT2D eigenvalue weighted by molar-refractivity contribution is 0.0696. The summed E-state index contributed by atoms with van der Waals surface area (Å²) in [6, 6.07) is 11.9. The Balaban J connectivity index is 1.81. The Bertz CT molecular complexity index is 1100. The fraction of sp³-hybridized carbons (Fsp3) is 0.0952. The summed E-state index contributed by atoms with van der Waals surface area (Å²) in [7, 11) is 0. The molecule has 30 heavy (non-hydrogen) atoms. The van der Waals surface area contributed by atoms with Crippen LogP contribution in [0.1, 0.15) is 39.2 Å². The second kappa shape index (κ2) is 9.34. The smallest absolute Gasteiger partial charge is 0.335 e. The Morgan fingerprint density at radius 3 is 2.37 bits per heavy atom. The van der Waals surface area contributed by atoms with E-state index in [0.29, 0.717) is 15.8 Å². The predicted molar refractivity (Wildman–Crippen MR) is 115 cm³/mol. The number of carboxylic acids is 1. The molecular formula is C21H15Cl3N2O4. The van der Waals surface area contributed by atoms with Gasteiger partial charge in [0.2, 0.25) is 5.88 Å². The maximum absolute atomic E-state index is 12.9. The van der Waals surface area contributed by atoms with Crippen molar-refractivity contribution in [3.05, 3.63) is 86.5 Å². The molecule has 3 aromatic rings. The van der Waals surface area contributed by atoms with Crippen LogP contribution in [-0.4, -0.2) is 22.0 Å². The third-order valence-corrected chi connectivity index (χ3v) is 5.12. The molecule has 0 bridgehead atoms. The number of nitrogens with zero attached hydrogens (tertiary/aromatic N) is 1. The molecule has 0 aliphatic rings. The van der Waals surface area contributed by atoms with Gasteiger partial charge in [0, 0.05) is 12.3 Å². The molecule has 0 saturated carbocycles. The average Bonchev–Trinajstić information content (AvgIpc) is 2.72. The second-order valence-electron chi connectivity index (χ2n) is 6.31. The monoisotopic (exact) mass is 464 g/mol. The molecule has 1 amide bonds. The van der Waals surface area contributed by atoms with Crippen molar-refractivity contribution >= 4 is 46.7 Å². The van der Waals surface area contributed by atoms with Crippen molar-refractivity contribution < 1.29 is 19.4 Å². The topological polar surface area (TPSA) is 88.5 Å². The molecule has 1 aromatic heterocycles. The van der Waals surface area contributed by atoms with Crippen LogP contribution in [0.25, 0.3) is 0 Å². The lowest BCUT2D eigenvalue weighted by Gasteiger charge is -2.16. The molecule has 0 spiro atoms. The van der Waals surface area contributed by atoms with Gasteiger partial charge >= 0.3 is 5.97 Å². The zero-order chi connectivity index (χ0) is 21.8. The van der Waals surface area contributed by atoms with Crippen LogP contribution in [0.4, 0.5) is 0 Å². The van der Waals surface area contributed by atoms with E-state index in [2.05, 4.69) is 10.3 Å². The van der Waals surface area contributed by atoms with Crippen LogP contribution in [0.15, 0.2) is 54.7 Å². The fourth-order valence-corrected chi connectivity index (χ4v) is 3.04. The van der Waals surface area contributed by atoms with E-state index in [1.54, 1.807) is 31.2 Å².